The Balaban J connectivity index is 2.06. The van der Waals surface area contributed by atoms with Crippen molar-refractivity contribution in [2.24, 2.45) is 5.41 Å². The zero-order chi connectivity index (χ0) is 15.3. The lowest BCUT2D eigenvalue weighted by atomic mass is 9.59. The summed E-state index contributed by atoms with van der Waals surface area (Å²) in [7, 11) is 0. The average molecular weight is 298 g/mol. The zero-order valence-electron chi connectivity index (χ0n) is 11.3. The first kappa shape index (κ1) is 14.3. The number of halogens is 4. The molecule has 1 spiro atoms. The van der Waals surface area contributed by atoms with Gasteiger partial charge in [-0.1, -0.05) is 25.0 Å². The van der Waals surface area contributed by atoms with Gasteiger partial charge in [-0.3, -0.25) is 4.79 Å². The molecule has 1 aromatic rings. The summed E-state index contributed by atoms with van der Waals surface area (Å²) in [5.41, 5.74) is 0.260. The SMILES string of the molecule is O=C(C1=C(c2ccc(F)cc2)CC12CCCC2)C(F)(F)F. The molecule has 0 unspecified atom stereocenters. The number of allylic oxidation sites excluding steroid dienone is 2. The molecule has 2 aliphatic carbocycles. The van der Waals surface area contributed by atoms with Gasteiger partial charge in [-0.05, 0) is 42.5 Å². The second-order valence-corrected chi connectivity index (χ2v) is 5.85. The summed E-state index contributed by atoms with van der Waals surface area (Å²) < 4.78 is 51.5. The van der Waals surface area contributed by atoms with E-state index in [0.29, 0.717) is 30.4 Å². The summed E-state index contributed by atoms with van der Waals surface area (Å²) in [6.45, 7) is 0. The summed E-state index contributed by atoms with van der Waals surface area (Å²) in [6.07, 6.45) is -1.40. The largest absolute Gasteiger partial charge is 0.454 e. The summed E-state index contributed by atoms with van der Waals surface area (Å²) >= 11 is 0. The number of hydrogen-bond donors (Lipinski definition) is 0. The van der Waals surface area contributed by atoms with Crippen LogP contribution < -0.4 is 0 Å². The van der Waals surface area contributed by atoms with Gasteiger partial charge in [0.05, 0.1) is 0 Å². The van der Waals surface area contributed by atoms with Gasteiger partial charge in [0, 0.05) is 11.0 Å². The molecule has 1 aromatic carbocycles. The molecule has 0 aliphatic heterocycles. The van der Waals surface area contributed by atoms with Gasteiger partial charge in [-0.15, -0.1) is 0 Å². The van der Waals surface area contributed by atoms with Crippen LogP contribution in [0.5, 0.6) is 0 Å². The van der Waals surface area contributed by atoms with Crippen LogP contribution in [0, 0.1) is 11.2 Å². The maximum absolute atomic E-state index is 12.9. The van der Waals surface area contributed by atoms with E-state index in [0.717, 1.165) is 12.8 Å². The molecule has 0 N–H and O–H groups in total. The van der Waals surface area contributed by atoms with E-state index in [4.69, 9.17) is 0 Å². The van der Waals surface area contributed by atoms with Crippen LogP contribution in [-0.4, -0.2) is 12.0 Å². The van der Waals surface area contributed by atoms with Crippen molar-refractivity contribution in [3.8, 4) is 0 Å². The molecule has 0 radical (unpaired) electrons. The summed E-state index contributed by atoms with van der Waals surface area (Å²) in [6, 6.07) is 5.29. The minimum absolute atomic E-state index is 0.0842. The summed E-state index contributed by atoms with van der Waals surface area (Å²) in [5, 5.41) is 0. The van der Waals surface area contributed by atoms with Gasteiger partial charge in [0.2, 0.25) is 0 Å². The van der Waals surface area contributed by atoms with Crippen LogP contribution in [0.25, 0.3) is 5.57 Å². The topological polar surface area (TPSA) is 17.1 Å². The fourth-order valence-corrected chi connectivity index (χ4v) is 3.62. The number of carbonyl (C=O) groups excluding carboxylic acids is 1. The average Bonchev–Trinajstić information content (AvgIpc) is 2.87. The standard InChI is InChI=1S/C16H14F4O/c17-11-5-3-10(4-6-11)12-9-15(7-1-2-8-15)13(12)14(21)16(18,19)20/h3-6H,1-2,7-9H2. The van der Waals surface area contributed by atoms with Crippen molar-refractivity contribution in [1.82, 2.24) is 0 Å². The first-order chi connectivity index (χ1) is 9.83. The molecule has 21 heavy (non-hydrogen) atoms. The second-order valence-electron chi connectivity index (χ2n) is 5.85. The van der Waals surface area contributed by atoms with Gasteiger partial charge in [0.1, 0.15) is 5.82 Å². The van der Waals surface area contributed by atoms with Crippen LogP contribution in [-0.2, 0) is 4.79 Å². The first-order valence-electron chi connectivity index (χ1n) is 6.95. The zero-order valence-corrected chi connectivity index (χ0v) is 11.3. The van der Waals surface area contributed by atoms with E-state index in [-0.39, 0.29) is 5.57 Å². The highest BCUT2D eigenvalue weighted by atomic mass is 19.4. The van der Waals surface area contributed by atoms with Crippen LogP contribution in [0.3, 0.4) is 0 Å². The lowest BCUT2D eigenvalue weighted by Crippen LogP contribution is -2.40. The Labute approximate surface area is 119 Å². The molecule has 0 atom stereocenters. The van der Waals surface area contributed by atoms with Crippen LogP contribution in [0.2, 0.25) is 0 Å². The monoisotopic (exact) mass is 298 g/mol. The van der Waals surface area contributed by atoms with Crippen molar-refractivity contribution in [3.05, 3.63) is 41.2 Å². The van der Waals surface area contributed by atoms with Gasteiger partial charge in [0.15, 0.2) is 0 Å². The molecule has 5 heteroatoms. The van der Waals surface area contributed by atoms with Gasteiger partial charge < -0.3 is 0 Å². The van der Waals surface area contributed by atoms with Gasteiger partial charge >= 0.3 is 6.18 Å². The predicted molar refractivity (Wildman–Crippen MR) is 69.9 cm³/mol. The third kappa shape index (κ3) is 2.28. The molecule has 1 saturated carbocycles. The molecule has 2 aliphatic rings. The highest BCUT2D eigenvalue weighted by Gasteiger charge is 2.55. The minimum Gasteiger partial charge on any atom is -0.284 e. The lowest BCUT2D eigenvalue weighted by molar-refractivity contribution is -0.168. The summed E-state index contributed by atoms with van der Waals surface area (Å²) in [5.74, 6) is -2.17. The highest BCUT2D eigenvalue weighted by molar-refractivity contribution is 6.10. The maximum atomic E-state index is 12.9. The second kappa shape index (κ2) is 4.68. The fraction of sp³-hybridized carbons (Fsp3) is 0.438. The van der Waals surface area contributed by atoms with Crippen molar-refractivity contribution in [2.75, 3.05) is 0 Å². The molecule has 0 bridgehead atoms. The Morgan fingerprint density at radius 3 is 2.14 bits per heavy atom. The Hall–Kier alpha value is -1.65. The van der Waals surface area contributed by atoms with E-state index in [1.54, 1.807) is 0 Å². The molecule has 3 rings (SSSR count). The number of ketones is 1. The number of alkyl halides is 3. The molecule has 1 nitrogen and oxygen atoms in total. The van der Waals surface area contributed by atoms with Crippen molar-refractivity contribution in [1.29, 1.82) is 0 Å². The van der Waals surface area contributed by atoms with Crippen LogP contribution in [0.15, 0.2) is 29.8 Å². The summed E-state index contributed by atoms with van der Waals surface area (Å²) in [4.78, 5) is 11.8. The van der Waals surface area contributed by atoms with E-state index < -0.39 is 23.2 Å². The molecule has 112 valence electrons. The predicted octanol–water partition coefficient (Wildman–Crippen LogP) is 4.67. The Bertz CT molecular complexity index is 604. The molecular formula is C16H14F4O. The van der Waals surface area contributed by atoms with Crippen molar-refractivity contribution in [2.45, 2.75) is 38.3 Å². The van der Waals surface area contributed by atoms with E-state index in [1.807, 2.05) is 0 Å². The van der Waals surface area contributed by atoms with Crippen molar-refractivity contribution in [3.63, 3.8) is 0 Å². The number of carbonyl (C=O) groups is 1. The number of benzene rings is 1. The van der Waals surface area contributed by atoms with Crippen molar-refractivity contribution >= 4 is 11.4 Å². The van der Waals surface area contributed by atoms with E-state index in [1.165, 1.54) is 24.3 Å². The normalized spacial score (nSPS) is 20.8. The number of hydrogen-bond acceptors (Lipinski definition) is 1. The van der Waals surface area contributed by atoms with E-state index >= 15 is 0 Å². The van der Waals surface area contributed by atoms with E-state index in [2.05, 4.69) is 0 Å². The molecule has 1 fully saturated rings. The smallest absolute Gasteiger partial charge is 0.284 e. The van der Waals surface area contributed by atoms with Crippen LogP contribution in [0.1, 0.15) is 37.7 Å². The Kier molecular flexibility index (Phi) is 3.19. The quantitative estimate of drug-likeness (QED) is 0.725. The minimum atomic E-state index is -4.85. The van der Waals surface area contributed by atoms with Gasteiger partial charge in [-0.2, -0.15) is 13.2 Å². The first-order valence-corrected chi connectivity index (χ1v) is 6.95. The Morgan fingerprint density at radius 1 is 1.05 bits per heavy atom. The maximum Gasteiger partial charge on any atom is 0.454 e. The molecule has 0 saturated heterocycles. The van der Waals surface area contributed by atoms with Gasteiger partial charge in [0.25, 0.3) is 5.78 Å². The lowest BCUT2D eigenvalue weighted by Gasteiger charge is -2.43. The fourth-order valence-electron chi connectivity index (χ4n) is 3.62. The van der Waals surface area contributed by atoms with Crippen molar-refractivity contribution < 1.29 is 22.4 Å². The highest BCUT2D eigenvalue weighted by Crippen LogP contribution is 2.60. The van der Waals surface area contributed by atoms with E-state index in [9.17, 15) is 22.4 Å². The molecule has 0 amide bonds. The molecular weight excluding hydrogens is 284 g/mol. The van der Waals surface area contributed by atoms with Gasteiger partial charge in [-0.25, -0.2) is 4.39 Å². The third-order valence-electron chi connectivity index (χ3n) is 4.59. The molecule has 0 heterocycles. The van der Waals surface area contributed by atoms with Crippen LogP contribution >= 0.6 is 0 Å². The third-order valence-corrected chi connectivity index (χ3v) is 4.59. The molecule has 0 aromatic heterocycles. The van der Waals surface area contributed by atoms with Crippen LogP contribution in [0.4, 0.5) is 17.6 Å². The number of rotatable bonds is 2. The Morgan fingerprint density at radius 2 is 1.62 bits per heavy atom. The number of Topliss-reactive ketones (excluding diaryl/α,β-unsaturated/α-hetero) is 1.